The largest absolute Gasteiger partial charge is 0.480 e. The number of hydrogen-bond donors (Lipinski definition) is 2. The molecule has 1 aliphatic carbocycles. The molecule has 0 heterocycles. The van der Waals surface area contributed by atoms with E-state index < -0.39 is 16.2 Å². The summed E-state index contributed by atoms with van der Waals surface area (Å²) >= 11 is 17.2. The summed E-state index contributed by atoms with van der Waals surface area (Å²) in [6, 6.07) is 7.19. The normalized spacial score (nSPS) is 25.6. The van der Waals surface area contributed by atoms with Gasteiger partial charge in [-0.05, 0) is 43.0 Å². The van der Waals surface area contributed by atoms with Gasteiger partial charge in [0, 0.05) is 23.8 Å². The van der Waals surface area contributed by atoms with Crippen LogP contribution in [0.5, 0.6) is 0 Å². The minimum Gasteiger partial charge on any atom is -0.480 e. The van der Waals surface area contributed by atoms with E-state index in [1.807, 2.05) is 12.1 Å². The number of benzene rings is 1. The Balaban J connectivity index is 2.67. The number of carbonyl (C=O) groups is 1. The molecule has 0 fully saturated rings. The van der Waals surface area contributed by atoms with Crippen LogP contribution in [0.15, 0.2) is 42.2 Å². The molecule has 2 rings (SSSR count). The highest BCUT2D eigenvalue weighted by Crippen LogP contribution is 2.58. The number of hydrogen-bond acceptors (Lipinski definition) is 2. The topological polar surface area (TPSA) is 57.5 Å². The quantitative estimate of drug-likeness (QED) is 0.437. The Hall–Kier alpha value is 0.530. The van der Waals surface area contributed by atoms with Crippen molar-refractivity contribution >= 4 is 85.6 Å². The first kappa shape index (κ1) is 18.9. The Bertz CT molecular complexity index is 680. The van der Waals surface area contributed by atoms with Gasteiger partial charge in [0.25, 0.3) is 0 Å². The van der Waals surface area contributed by atoms with Gasteiger partial charge in [0.05, 0.1) is 6.61 Å². The number of alkyl halides is 1. The summed E-state index contributed by atoms with van der Waals surface area (Å²) in [5, 5.41) is 18.9. The Morgan fingerprint density at radius 3 is 2.09 bits per heavy atom. The molecule has 1 aromatic carbocycles. The van der Waals surface area contributed by atoms with Crippen LogP contribution in [0.4, 0.5) is 0 Å². The number of carboxylic acid groups (broad SMARTS) is 1. The minimum atomic E-state index is -1.34. The molecule has 1 aromatic rings. The molecule has 0 radical (unpaired) electrons. The molecule has 22 heavy (non-hydrogen) atoms. The number of aliphatic carboxylic acids is 1. The summed E-state index contributed by atoms with van der Waals surface area (Å²) in [6.07, 6.45) is 0. The molecule has 0 saturated heterocycles. The van der Waals surface area contributed by atoms with Crippen LogP contribution in [-0.4, -0.2) is 20.5 Å². The highest BCUT2D eigenvalue weighted by Gasteiger charge is 2.52. The van der Waals surface area contributed by atoms with Crippen molar-refractivity contribution in [2.24, 2.45) is 0 Å². The van der Waals surface area contributed by atoms with Crippen molar-refractivity contribution in [2.75, 3.05) is 0 Å². The van der Waals surface area contributed by atoms with Crippen molar-refractivity contribution in [3.8, 4) is 0 Å². The maximum Gasteiger partial charge on any atom is 0.326 e. The van der Waals surface area contributed by atoms with E-state index in [1.54, 1.807) is 12.1 Å². The molecule has 118 valence electrons. The van der Waals surface area contributed by atoms with E-state index in [-0.39, 0.29) is 6.61 Å². The zero-order valence-corrected chi connectivity index (χ0v) is 18.7. The van der Waals surface area contributed by atoms with Crippen LogP contribution in [-0.2, 0) is 11.4 Å². The zero-order valence-electron chi connectivity index (χ0n) is 10.8. The molecule has 1 aliphatic rings. The molecule has 0 aromatic heterocycles. The van der Waals surface area contributed by atoms with Crippen molar-refractivity contribution in [1.82, 2.24) is 0 Å². The molecule has 3 nitrogen and oxygen atoms in total. The van der Waals surface area contributed by atoms with E-state index in [2.05, 4.69) is 79.6 Å². The molecule has 0 saturated carbocycles. The summed E-state index contributed by atoms with van der Waals surface area (Å²) < 4.78 is 1.22. The first-order valence-electron chi connectivity index (χ1n) is 5.98. The van der Waals surface area contributed by atoms with Crippen LogP contribution in [0.1, 0.15) is 17.0 Å². The van der Waals surface area contributed by atoms with Gasteiger partial charge >= 0.3 is 5.97 Å². The molecular weight excluding hydrogens is 616 g/mol. The second-order valence-electron chi connectivity index (χ2n) is 4.64. The number of aliphatic hydroxyl groups is 1. The number of rotatable bonds is 3. The zero-order chi connectivity index (χ0) is 16.7. The fourth-order valence-corrected chi connectivity index (χ4v) is 6.35. The fraction of sp³-hybridized carbons (Fsp3) is 0.214. The molecule has 0 bridgehead atoms. The molecule has 0 spiro atoms. The summed E-state index contributed by atoms with van der Waals surface area (Å²) in [7, 11) is 0. The molecule has 2 unspecified atom stereocenters. The molecule has 8 heteroatoms. The van der Waals surface area contributed by atoms with E-state index in [9.17, 15) is 9.90 Å². The third kappa shape index (κ3) is 3.07. The van der Waals surface area contributed by atoms with E-state index in [1.165, 1.54) is 0 Å². The second kappa shape index (κ2) is 7.19. The van der Waals surface area contributed by atoms with Crippen LogP contribution < -0.4 is 0 Å². The molecular formula is C14H9Br5O3. The average molecular weight is 625 g/mol. The van der Waals surface area contributed by atoms with Gasteiger partial charge < -0.3 is 10.2 Å². The average Bonchev–Trinajstić information content (AvgIpc) is 2.51. The predicted octanol–water partition coefficient (Wildman–Crippen LogP) is 5.50. The molecule has 2 N–H and O–H groups in total. The molecule has 2 atom stereocenters. The minimum absolute atomic E-state index is 0.0564. The number of allylic oxidation sites excluding steroid dienone is 3. The fourth-order valence-electron chi connectivity index (χ4n) is 2.20. The van der Waals surface area contributed by atoms with Crippen LogP contribution in [0, 0.1) is 0 Å². The van der Waals surface area contributed by atoms with Crippen LogP contribution in [0.2, 0.25) is 0 Å². The smallest absolute Gasteiger partial charge is 0.326 e. The van der Waals surface area contributed by atoms with Gasteiger partial charge in [-0.1, -0.05) is 72.1 Å². The maximum absolute atomic E-state index is 12.0. The number of aliphatic hydroxyl groups excluding tert-OH is 1. The van der Waals surface area contributed by atoms with E-state index in [0.717, 1.165) is 15.6 Å². The van der Waals surface area contributed by atoms with Gasteiger partial charge in [0.2, 0.25) is 0 Å². The first-order chi connectivity index (χ1) is 10.2. The van der Waals surface area contributed by atoms with Gasteiger partial charge in [-0.15, -0.1) is 0 Å². The van der Waals surface area contributed by atoms with Gasteiger partial charge in [0.1, 0.15) is 0 Å². The standard InChI is InChI=1S/C14H9Br5O3/c15-9-8(7-3-1-6(5-20)2-4-7)14(19,13(21)22)12(18)11(17)10(9)16/h1-4,8,20H,5H2,(H,21,22). The molecule has 0 amide bonds. The Morgan fingerprint density at radius 1 is 1.09 bits per heavy atom. The Kier molecular flexibility index (Phi) is 6.16. The monoisotopic (exact) mass is 620 g/mol. The van der Waals surface area contributed by atoms with Crippen molar-refractivity contribution in [3.63, 3.8) is 0 Å². The number of carboxylic acids is 1. The summed E-state index contributed by atoms with van der Waals surface area (Å²) in [4.78, 5) is 12.0. The van der Waals surface area contributed by atoms with Gasteiger partial charge in [-0.2, -0.15) is 0 Å². The van der Waals surface area contributed by atoms with Crippen LogP contribution >= 0.6 is 79.6 Å². The summed E-state index contributed by atoms with van der Waals surface area (Å²) in [5.74, 6) is -1.49. The van der Waals surface area contributed by atoms with E-state index in [4.69, 9.17) is 5.11 Å². The van der Waals surface area contributed by atoms with Crippen molar-refractivity contribution in [1.29, 1.82) is 0 Å². The lowest BCUT2D eigenvalue weighted by molar-refractivity contribution is -0.138. The first-order valence-corrected chi connectivity index (χ1v) is 9.94. The SMILES string of the molecule is O=C(O)C1(Br)C(Br)=C(Br)C(Br)=C(Br)C1c1ccc(CO)cc1. The predicted molar refractivity (Wildman–Crippen MR) is 104 cm³/mol. The summed E-state index contributed by atoms with van der Waals surface area (Å²) in [6.45, 7) is -0.0564. The van der Waals surface area contributed by atoms with Crippen molar-refractivity contribution < 1.29 is 15.0 Å². The second-order valence-corrected chi connectivity index (χ2v) is 9.12. The highest BCUT2D eigenvalue weighted by atomic mass is 79.9. The maximum atomic E-state index is 12.0. The van der Waals surface area contributed by atoms with Crippen LogP contribution in [0.25, 0.3) is 0 Å². The van der Waals surface area contributed by atoms with E-state index >= 15 is 0 Å². The Morgan fingerprint density at radius 2 is 1.64 bits per heavy atom. The lowest BCUT2D eigenvalue weighted by Gasteiger charge is -2.37. The lowest BCUT2D eigenvalue weighted by atomic mass is 9.82. The van der Waals surface area contributed by atoms with Gasteiger partial charge in [-0.3, -0.25) is 4.79 Å². The van der Waals surface area contributed by atoms with E-state index in [0.29, 0.717) is 13.4 Å². The Labute approximate surface area is 169 Å². The van der Waals surface area contributed by atoms with Crippen LogP contribution in [0.3, 0.4) is 0 Å². The highest BCUT2D eigenvalue weighted by molar-refractivity contribution is 9.17. The third-order valence-electron chi connectivity index (χ3n) is 3.37. The van der Waals surface area contributed by atoms with Gasteiger partial charge in [-0.25, -0.2) is 0 Å². The van der Waals surface area contributed by atoms with Crippen molar-refractivity contribution in [3.05, 3.63) is 53.3 Å². The third-order valence-corrected chi connectivity index (χ3v) is 10.2. The van der Waals surface area contributed by atoms with Crippen molar-refractivity contribution in [2.45, 2.75) is 16.8 Å². The van der Waals surface area contributed by atoms with Gasteiger partial charge in [0.15, 0.2) is 4.32 Å². The lowest BCUT2D eigenvalue weighted by Crippen LogP contribution is -2.41. The number of halogens is 5. The summed E-state index contributed by atoms with van der Waals surface area (Å²) in [5.41, 5.74) is 1.57. The molecule has 0 aliphatic heterocycles.